The summed E-state index contributed by atoms with van der Waals surface area (Å²) in [5.74, 6) is -0.602. The van der Waals surface area contributed by atoms with Crippen LogP contribution in [0.2, 0.25) is 0 Å². The fourth-order valence-electron chi connectivity index (χ4n) is 8.93. The Bertz CT molecular complexity index is 2070. The average Bonchev–Trinajstić information content (AvgIpc) is 3.54. The lowest BCUT2D eigenvalue weighted by Crippen LogP contribution is -2.52. The summed E-state index contributed by atoms with van der Waals surface area (Å²) in [7, 11) is 0. The highest BCUT2D eigenvalue weighted by atomic mass is 19.4. The highest BCUT2D eigenvalue weighted by Crippen LogP contribution is 2.47. The summed E-state index contributed by atoms with van der Waals surface area (Å²) in [6, 6.07) is 20.6. The van der Waals surface area contributed by atoms with Gasteiger partial charge in [-0.1, -0.05) is 49.1 Å². The van der Waals surface area contributed by atoms with Crippen LogP contribution in [0, 0.1) is 0 Å². The van der Waals surface area contributed by atoms with E-state index < -0.39 is 24.2 Å². The van der Waals surface area contributed by atoms with E-state index in [0.29, 0.717) is 37.9 Å². The molecule has 2 unspecified atom stereocenters. The van der Waals surface area contributed by atoms with E-state index in [1.165, 1.54) is 5.56 Å². The van der Waals surface area contributed by atoms with Crippen LogP contribution in [0.15, 0.2) is 103 Å². The maximum Gasteiger partial charge on any atom is 0.425 e. The normalized spacial score (nSPS) is 22.2. The van der Waals surface area contributed by atoms with Gasteiger partial charge in [0.05, 0.1) is 0 Å². The predicted octanol–water partition coefficient (Wildman–Crippen LogP) is 7.92. The molecule has 2 N–H and O–H groups in total. The van der Waals surface area contributed by atoms with Gasteiger partial charge in [0, 0.05) is 56.3 Å². The third-order valence-electron chi connectivity index (χ3n) is 12.0. The number of carbonyl (C=O) groups excluding carboxylic acids is 3. The van der Waals surface area contributed by atoms with E-state index in [9.17, 15) is 32.7 Å². The second kappa shape index (κ2) is 17.6. The van der Waals surface area contributed by atoms with Crippen molar-refractivity contribution in [2.75, 3.05) is 37.6 Å². The Kier molecular flexibility index (Phi) is 12.4. The number of nitrogens with zero attached hydrogens (tertiary/aromatic N) is 3. The molecule has 7 rings (SSSR count). The first-order chi connectivity index (χ1) is 27.9. The van der Waals surface area contributed by atoms with Gasteiger partial charge in [-0.05, 0) is 128 Å². The Labute approximate surface area is 337 Å². The fraction of sp³-hybridized carbons (Fsp3) is 0.413. The number of anilines is 1. The number of ether oxygens (including phenoxy) is 1. The van der Waals surface area contributed by atoms with Gasteiger partial charge in [-0.15, -0.1) is 0 Å². The number of fused-ring (bicyclic) bond motifs is 2. The highest BCUT2D eigenvalue weighted by Gasteiger charge is 2.42. The first-order valence-corrected chi connectivity index (χ1v) is 20.3. The van der Waals surface area contributed by atoms with Crippen molar-refractivity contribution < 1.29 is 37.4 Å². The van der Waals surface area contributed by atoms with Crippen LogP contribution >= 0.6 is 0 Å². The number of piperazine rings is 1. The summed E-state index contributed by atoms with van der Waals surface area (Å²) in [5, 5.41) is 12.5. The van der Waals surface area contributed by atoms with Crippen LogP contribution in [0.5, 0.6) is 5.75 Å². The van der Waals surface area contributed by atoms with Crippen molar-refractivity contribution >= 4 is 23.4 Å². The molecule has 3 aromatic carbocycles. The van der Waals surface area contributed by atoms with Gasteiger partial charge in [-0.2, -0.15) is 13.2 Å². The maximum atomic E-state index is 14.3. The van der Waals surface area contributed by atoms with E-state index >= 15 is 0 Å². The molecule has 2 saturated heterocycles. The smallest absolute Gasteiger partial charge is 0.425 e. The second-order valence-electron chi connectivity index (χ2n) is 15.7. The number of allylic oxidation sites excluding steroid dienone is 4. The zero-order chi connectivity index (χ0) is 41.0. The lowest BCUT2D eigenvalue weighted by molar-refractivity contribution is -0.210. The van der Waals surface area contributed by atoms with Crippen molar-refractivity contribution in [2.24, 2.45) is 0 Å². The third-order valence-corrected chi connectivity index (χ3v) is 12.0. The van der Waals surface area contributed by atoms with Crippen LogP contribution in [-0.2, 0) is 27.3 Å². The van der Waals surface area contributed by atoms with Crippen LogP contribution in [0.3, 0.4) is 0 Å². The third kappa shape index (κ3) is 9.17. The number of aryl methyl sites for hydroxylation is 1. The Morgan fingerprint density at radius 2 is 1.72 bits per heavy atom. The average molecular weight is 797 g/mol. The molecule has 3 aromatic rings. The molecule has 4 aliphatic rings. The monoisotopic (exact) mass is 796 g/mol. The van der Waals surface area contributed by atoms with E-state index in [4.69, 9.17) is 4.74 Å². The number of amides is 3. The maximum absolute atomic E-state index is 14.3. The van der Waals surface area contributed by atoms with Crippen LogP contribution < -0.4 is 10.2 Å². The van der Waals surface area contributed by atoms with E-state index in [0.717, 1.165) is 67.0 Å². The molecule has 0 radical (unpaired) electrons. The molecule has 0 bridgehead atoms. The van der Waals surface area contributed by atoms with Crippen molar-refractivity contribution in [3.8, 4) is 5.75 Å². The SMILES string of the molecule is C=C(/C=C\C(=C/C)OC(CCCCN1CCN(c2ccc3c(c2)CN(C2CCC(=O)NC2=O)C3=O)CC1)C(F)(F)F)[C@@H]1c2ccc(O)cc2CC[C@@H]1c1ccccc1. The predicted molar refractivity (Wildman–Crippen MR) is 216 cm³/mol. The first-order valence-electron chi connectivity index (χ1n) is 20.3. The van der Waals surface area contributed by atoms with Gasteiger partial charge in [0.15, 0.2) is 6.10 Å². The van der Waals surface area contributed by atoms with Crippen molar-refractivity contribution in [1.29, 1.82) is 0 Å². The van der Waals surface area contributed by atoms with Crippen LogP contribution in [0.1, 0.15) is 89.9 Å². The number of carbonyl (C=O) groups is 3. The quantitative estimate of drug-likeness (QED) is 0.0785. The van der Waals surface area contributed by atoms with E-state index in [1.54, 1.807) is 48.3 Å². The number of unbranched alkanes of at least 4 members (excludes halogenated alkanes) is 1. The highest BCUT2D eigenvalue weighted by molar-refractivity contribution is 6.05. The summed E-state index contributed by atoms with van der Waals surface area (Å²) in [5.41, 5.74) is 6.45. The molecule has 4 atom stereocenters. The second-order valence-corrected chi connectivity index (χ2v) is 15.7. The minimum atomic E-state index is -4.53. The molecular weight excluding hydrogens is 746 g/mol. The topological polar surface area (TPSA) is 102 Å². The molecule has 3 aliphatic heterocycles. The van der Waals surface area contributed by atoms with Gasteiger partial charge in [-0.3, -0.25) is 24.6 Å². The number of phenolic OH excluding ortho intramolecular Hbond substituents is 1. The molecule has 1 aliphatic carbocycles. The Balaban J connectivity index is 0.896. The largest absolute Gasteiger partial charge is 0.508 e. The summed E-state index contributed by atoms with van der Waals surface area (Å²) in [4.78, 5) is 43.2. The Morgan fingerprint density at radius 3 is 2.45 bits per heavy atom. The zero-order valence-corrected chi connectivity index (χ0v) is 32.8. The van der Waals surface area contributed by atoms with E-state index in [1.807, 2.05) is 36.4 Å². The number of alkyl halides is 3. The first kappa shape index (κ1) is 40.8. The number of hydrogen-bond donors (Lipinski definition) is 2. The van der Waals surface area contributed by atoms with Crippen molar-refractivity contribution in [3.05, 3.63) is 131 Å². The summed E-state index contributed by atoms with van der Waals surface area (Å²) < 4.78 is 48.5. The number of aromatic hydroxyl groups is 1. The van der Waals surface area contributed by atoms with E-state index in [2.05, 4.69) is 33.8 Å². The van der Waals surface area contributed by atoms with Gasteiger partial charge in [-0.25, -0.2) is 0 Å². The number of imide groups is 1. The number of benzene rings is 3. The Morgan fingerprint density at radius 1 is 0.948 bits per heavy atom. The standard InChI is InChI=1S/C46H51F3N4O5/c1-3-36(16-12-30(2)43-37(31-9-5-4-6-10-31)17-13-32-28-35(54)15-19-38(32)43)58-41(46(47,48)49)11-7-8-22-51-23-25-52(26-24-51)34-14-18-39-33(27-34)29-53(45(39)57)40-20-21-42(55)50-44(40)56/h3-6,9-10,12,14-16,18-19,27-28,37,40-41,43,54H,2,7-8,11,13,17,20-26,29H2,1H3,(H,50,55,56)/b16-12-,36-3+/t37-,40?,41?,43+/m1/s1. The van der Waals surface area contributed by atoms with Crippen LogP contribution in [-0.4, -0.2) is 83.7 Å². The molecule has 3 amide bonds. The molecular formula is C46H51F3N4O5. The summed E-state index contributed by atoms with van der Waals surface area (Å²) >= 11 is 0. The Hall–Kier alpha value is -5.36. The zero-order valence-electron chi connectivity index (χ0n) is 32.8. The van der Waals surface area contributed by atoms with Gasteiger partial charge in [0.1, 0.15) is 17.6 Å². The number of nitrogens with one attached hydrogen (secondary N) is 1. The molecule has 12 heteroatoms. The van der Waals surface area contributed by atoms with Crippen LogP contribution in [0.4, 0.5) is 18.9 Å². The number of piperidine rings is 1. The van der Waals surface area contributed by atoms with Crippen molar-refractivity contribution in [2.45, 2.75) is 88.6 Å². The lowest BCUT2D eigenvalue weighted by Gasteiger charge is -2.36. The van der Waals surface area contributed by atoms with Gasteiger partial charge in [0.2, 0.25) is 11.8 Å². The molecule has 0 spiro atoms. The summed E-state index contributed by atoms with van der Waals surface area (Å²) in [6.07, 6.45) is 1.40. The van der Waals surface area contributed by atoms with Crippen molar-refractivity contribution in [1.82, 2.24) is 15.1 Å². The molecule has 2 fully saturated rings. The van der Waals surface area contributed by atoms with Crippen molar-refractivity contribution in [3.63, 3.8) is 0 Å². The molecule has 9 nitrogen and oxygen atoms in total. The van der Waals surface area contributed by atoms with Gasteiger partial charge >= 0.3 is 6.18 Å². The fourth-order valence-corrected chi connectivity index (χ4v) is 8.93. The molecule has 58 heavy (non-hydrogen) atoms. The van der Waals surface area contributed by atoms with Gasteiger partial charge in [0.25, 0.3) is 5.91 Å². The molecule has 3 heterocycles. The van der Waals surface area contributed by atoms with Crippen LogP contribution in [0.25, 0.3) is 0 Å². The molecule has 0 aromatic heterocycles. The summed E-state index contributed by atoms with van der Waals surface area (Å²) in [6.45, 7) is 10.0. The number of rotatable bonds is 13. The number of hydrogen-bond acceptors (Lipinski definition) is 7. The number of halogens is 3. The minimum Gasteiger partial charge on any atom is -0.508 e. The van der Waals surface area contributed by atoms with E-state index in [-0.39, 0.29) is 48.0 Å². The molecule has 306 valence electrons. The molecule has 0 saturated carbocycles. The van der Waals surface area contributed by atoms with Gasteiger partial charge < -0.3 is 19.6 Å². The minimum absolute atomic E-state index is 0.113. The number of phenols is 1. The lowest BCUT2D eigenvalue weighted by atomic mass is 9.69.